The number of amides is 1. The van der Waals surface area contributed by atoms with Crippen LogP contribution in [0.2, 0.25) is 0 Å². The highest BCUT2D eigenvalue weighted by atomic mass is 16.6. The van der Waals surface area contributed by atoms with Crippen LogP contribution in [0.1, 0.15) is 40.2 Å². The number of ether oxygens (including phenoxy) is 1. The Bertz CT molecular complexity index is 627. The third kappa shape index (κ3) is 2.93. The predicted octanol–water partition coefficient (Wildman–Crippen LogP) is 1.46. The van der Waals surface area contributed by atoms with Gasteiger partial charge >= 0.3 is 6.09 Å². The molecule has 24 heavy (non-hydrogen) atoms. The Morgan fingerprint density at radius 3 is 2.62 bits per heavy atom. The lowest BCUT2D eigenvalue weighted by Gasteiger charge is -2.57. The summed E-state index contributed by atoms with van der Waals surface area (Å²) in [7, 11) is 0. The number of likely N-dealkylation sites (tertiary alicyclic amines) is 1. The average molecular weight is 336 g/mol. The molecule has 7 nitrogen and oxygen atoms in total. The number of anilines is 1. The lowest BCUT2D eigenvalue weighted by molar-refractivity contribution is -0.219. The van der Waals surface area contributed by atoms with E-state index in [4.69, 9.17) is 16.2 Å². The van der Waals surface area contributed by atoms with E-state index in [-0.39, 0.29) is 18.0 Å². The number of hydrogen-bond donors (Lipinski definition) is 3. The van der Waals surface area contributed by atoms with E-state index < -0.39 is 17.3 Å². The van der Waals surface area contributed by atoms with E-state index in [0.29, 0.717) is 17.8 Å². The number of primary amides is 1. The fourth-order valence-electron chi connectivity index (χ4n) is 3.41. The summed E-state index contributed by atoms with van der Waals surface area (Å²) < 4.78 is 5.60. The molecule has 0 aliphatic carbocycles. The number of nitrogens with two attached hydrogens (primary N) is 2. The Hall–Kier alpha value is -1.86. The third-order valence-electron chi connectivity index (χ3n) is 5.20. The van der Waals surface area contributed by atoms with Crippen LogP contribution in [0.3, 0.4) is 0 Å². The number of hydrogen-bond acceptors (Lipinski definition) is 6. The van der Waals surface area contributed by atoms with Crippen LogP contribution < -0.4 is 11.5 Å². The van der Waals surface area contributed by atoms with Crippen LogP contribution in [0.15, 0.2) is 18.5 Å². The highest BCUT2D eigenvalue weighted by molar-refractivity contribution is 5.67. The van der Waals surface area contributed by atoms with Crippen molar-refractivity contribution in [3.8, 4) is 0 Å². The van der Waals surface area contributed by atoms with Crippen molar-refractivity contribution in [1.82, 2.24) is 9.88 Å². The Morgan fingerprint density at radius 2 is 2.12 bits per heavy atom. The summed E-state index contributed by atoms with van der Waals surface area (Å²) >= 11 is 0. The molecule has 1 aliphatic heterocycles. The first-order valence-electron chi connectivity index (χ1n) is 8.07. The number of pyridine rings is 1. The fourth-order valence-corrected chi connectivity index (χ4v) is 3.41. The molecule has 0 saturated carbocycles. The summed E-state index contributed by atoms with van der Waals surface area (Å²) in [5, 5.41) is 11.3. The lowest BCUT2D eigenvalue weighted by Crippen LogP contribution is -2.69. The van der Waals surface area contributed by atoms with Gasteiger partial charge in [0.2, 0.25) is 0 Å². The van der Waals surface area contributed by atoms with Crippen molar-refractivity contribution in [1.29, 1.82) is 0 Å². The van der Waals surface area contributed by atoms with Gasteiger partial charge in [0.25, 0.3) is 0 Å². The molecule has 7 heteroatoms. The van der Waals surface area contributed by atoms with Crippen molar-refractivity contribution in [3.05, 3.63) is 24.0 Å². The minimum atomic E-state index is -1.38. The van der Waals surface area contributed by atoms with Gasteiger partial charge in [-0.15, -0.1) is 0 Å². The van der Waals surface area contributed by atoms with Gasteiger partial charge in [-0.1, -0.05) is 6.92 Å². The molecule has 1 saturated heterocycles. The Labute approximate surface area is 143 Å². The molecule has 1 unspecified atom stereocenters. The third-order valence-corrected chi connectivity index (χ3v) is 5.20. The van der Waals surface area contributed by atoms with Gasteiger partial charge < -0.3 is 21.3 Å². The van der Waals surface area contributed by atoms with Crippen LogP contribution in [0, 0.1) is 5.92 Å². The van der Waals surface area contributed by atoms with Gasteiger partial charge in [0.05, 0.1) is 11.9 Å². The number of aromatic nitrogens is 1. The molecule has 3 atom stereocenters. The van der Waals surface area contributed by atoms with E-state index in [1.54, 1.807) is 19.2 Å². The number of carbonyl (C=O) groups is 1. The van der Waals surface area contributed by atoms with Crippen molar-refractivity contribution in [3.63, 3.8) is 0 Å². The Morgan fingerprint density at radius 1 is 1.50 bits per heavy atom. The van der Waals surface area contributed by atoms with Crippen LogP contribution in [-0.4, -0.2) is 45.3 Å². The maximum atomic E-state index is 11.7. The predicted molar refractivity (Wildman–Crippen MR) is 92.1 cm³/mol. The molecule has 1 aromatic rings. The van der Waals surface area contributed by atoms with E-state index in [0.717, 1.165) is 0 Å². The molecule has 0 aromatic carbocycles. The second kappa shape index (κ2) is 5.89. The summed E-state index contributed by atoms with van der Waals surface area (Å²) in [4.78, 5) is 17.9. The molecule has 2 rings (SSSR count). The quantitative estimate of drug-likeness (QED) is 0.753. The minimum Gasteiger partial charge on any atom is -0.434 e. The van der Waals surface area contributed by atoms with Gasteiger partial charge in [0.15, 0.2) is 5.60 Å². The van der Waals surface area contributed by atoms with E-state index >= 15 is 0 Å². The molecule has 2 heterocycles. The molecule has 0 spiro atoms. The summed E-state index contributed by atoms with van der Waals surface area (Å²) in [5.41, 5.74) is 9.44. The summed E-state index contributed by atoms with van der Waals surface area (Å²) in [5.74, 6) is -0.183. The summed E-state index contributed by atoms with van der Waals surface area (Å²) in [6.07, 6.45) is 2.10. The van der Waals surface area contributed by atoms with Crippen molar-refractivity contribution in [2.45, 2.75) is 51.4 Å². The second-order valence-corrected chi connectivity index (χ2v) is 7.81. The summed E-state index contributed by atoms with van der Waals surface area (Å²) in [6, 6.07) is 1.67. The molecule has 1 aliphatic rings. The molecular weight excluding hydrogens is 308 g/mol. The standard InChI is InChI=1S/C17H28N4O3/c1-11-9-21(15(2,3)4)10-17(16(11,5)23,24-14(19)22)12-6-7-20-8-13(12)18/h6-8,11,23H,9-10,18H2,1-5H3,(H2,19,22)/t11-,16?,17-/m0/s1. The Kier molecular flexibility index (Phi) is 4.54. The molecule has 0 radical (unpaired) electrons. The molecule has 1 amide bonds. The number of piperidine rings is 1. The minimum absolute atomic E-state index is 0.182. The van der Waals surface area contributed by atoms with Crippen LogP contribution in [-0.2, 0) is 10.3 Å². The van der Waals surface area contributed by atoms with Crippen molar-refractivity contribution >= 4 is 11.8 Å². The van der Waals surface area contributed by atoms with E-state index in [1.807, 2.05) is 6.92 Å². The number of nitrogens with zero attached hydrogens (tertiary/aromatic N) is 2. The normalized spacial score (nSPS) is 31.7. The molecule has 5 N–H and O–H groups in total. The zero-order valence-electron chi connectivity index (χ0n) is 15.0. The van der Waals surface area contributed by atoms with Crippen molar-refractivity contribution in [2.24, 2.45) is 11.7 Å². The fraction of sp³-hybridized carbons (Fsp3) is 0.647. The van der Waals surface area contributed by atoms with Crippen LogP contribution in [0.5, 0.6) is 0 Å². The zero-order valence-corrected chi connectivity index (χ0v) is 15.0. The van der Waals surface area contributed by atoms with Crippen molar-refractivity contribution in [2.75, 3.05) is 18.8 Å². The molecular formula is C17H28N4O3. The monoisotopic (exact) mass is 336 g/mol. The van der Waals surface area contributed by atoms with Gasteiger partial charge in [-0.2, -0.15) is 0 Å². The first kappa shape index (κ1) is 18.5. The van der Waals surface area contributed by atoms with Crippen molar-refractivity contribution < 1.29 is 14.6 Å². The smallest absolute Gasteiger partial charge is 0.405 e. The van der Waals surface area contributed by atoms with Gasteiger partial charge in [-0.3, -0.25) is 9.88 Å². The number of nitrogen functional groups attached to an aromatic ring is 1. The SMILES string of the molecule is C[C@H]1CN(C(C)(C)C)C[C@](OC(N)=O)(c2ccncc2N)C1(C)O. The average Bonchev–Trinajstić information content (AvgIpc) is 2.43. The molecule has 134 valence electrons. The summed E-state index contributed by atoms with van der Waals surface area (Å²) in [6.45, 7) is 10.8. The van der Waals surface area contributed by atoms with Gasteiger partial charge in [-0.25, -0.2) is 4.79 Å². The van der Waals surface area contributed by atoms with Crippen LogP contribution >= 0.6 is 0 Å². The van der Waals surface area contributed by atoms with E-state index in [9.17, 15) is 9.90 Å². The first-order valence-corrected chi connectivity index (χ1v) is 8.07. The van der Waals surface area contributed by atoms with Crippen LogP contribution in [0.25, 0.3) is 0 Å². The number of carbonyl (C=O) groups excluding carboxylic acids is 1. The highest BCUT2D eigenvalue weighted by Gasteiger charge is 2.60. The molecule has 1 aromatic heterocycles. The molecule has 1 fully saturated rings. The number of rotatable bonds is 2. The van der Waals surface area contributed by atoms with E-state index in [2.05, 4.69) is 30.7 Å². The van der Waals surface area contributed by atoms with Gasteiger partial charge in [-0.05, 0) is 33.8 Å². The molecule has 0 bridgehead atoms. The van der Waals surface area contributed by atoms with Crippen LogP contribution in [0.4, 0.5) is 10.5 Å². The van der Waals surface area contributed by atoms with E-state index in [1.165, 1.54) is 6.20 Å². The zero-order chi connectivity index (χ0) is 18.3. The first-order chi connectivity index (χ1) is 10.9. The maximum absolute atomic E-state index is 11.7. The van der Waals surface area contributed by atoms with Gasteiger partial charge in [0, 0.05) is 36.3 Å². The lowest BCUT2D eigenvalue weighted by atomic mass is 9.67. The second-order valence-electron chi connectivity index (χ2n) is 7.81. The number of aliphatic hydroxyl groups is 1. The topological polar surface area (TPSA) is 115 Å². The largest absolute Gasteiger partial charge is 0.434 e. The highest BCUT2D eigenvalue weighted by Crippen LogP contribution is 2.48. The Balaban J connectivity index is 2.69. The van der Waals surface area contributed by atoms with Gasteiger partial charge in [0.1, 0.15) is 5.60 Å². The maximum Gasteiger partial charge on any atom is 0.405 e.